The molecule has 0 atom stereocenters. The summed E-state index contributed by atoms with van der Waals surface area (Å²) in [4.78, 5) is -0.585. The Bertz CT molecular complexity index is 235. The van der Waals surface area contributed by atoms with Gasteiger partial charge in [-0.05, 0) is 24.3 Å². The zero-order chi connectivity index (χ0) is 8.97. The lowest BCUT2D eigenvalue weighted by Gasteiger charge is -2.06. The summed E-state index contributed by atoms with van der Waals surface area (Å²) in [6.45, 7) is 0. The van der Waals surface area contributed by atoms with E-state index in [1.54, 1.807) is 7.11 Å². The van der Waals surface area contributed by atoms with E-state index in [1.807, 2.05) is 24.3 Å². The van der Waals surface area contributed by atoms with Crippen LogP contribution < -0.4 is 10.1 Å². The molecule has 0 aliphatic rings. The molecule has 0 fully saturated rings. The van der Waals surface area contributed by atoms with Gasteiger partial charge >= 0.3 is 0 Å². The molecule has 0 radical (unpaired) electrons. The molecule has 0 saturated heterocycles. The fraction of sp³-hybridized carbons (Fsp3) is 0.250. The second-order valence-electron chi connectivity index (χ2n) is 2.17. The number of halogens is 2. The summed E-state index contributed by atoms with van der Waals surface area (Å²) in [5.74, 6) is 0.807. The molecule has 0 amide bonds. The molecule has 12 heavy (non-hydrogen) atoms. The number of benzene rings is 1. The molecular formula is C8H9Cl2NO. The van der Waals surface area contributed by atoms with Crippen LogP contribution in [0.25, 0.3) is 0 Å². The summed E-state index contributed by atoms with van der Waals surface area (Å²) in [6.07, 6.45) is 0. The van der Waals surface area contributed by atoms with Crippen molar-refractivity contribution in [1.82, 2.24) is 0 Å². The maximum Gasteiger partial charge on any atom is 0.177 e. The maximum absolute atomic E-state index is 5.51. The van der Waals surface area contributed by atoms with Gasteiger partial charge < -0.3 is 10.1 Å². The van der Waals surface area contributed by atoms with Crippen LogP contribution >= 0.6 is 23.2 Å². The number of alkyl halides is 2. The van der Waals surface area contributed by atoms with E-state index in [0.29, 0.717) is 0 Å². The molecule has 0 spiro atoms. The smallest absolute Gasteiger partial charge is 0.177 e. The third-order valence-corrected chi connectivity index (χ3v) is 1.58. The van der Waals surface area contributed by atoms with E-state index >= 15 is 0 Å². The lowest BCUT2D eigenvalue weighted by atomic mass is 10.3. The lowest BCUT2D eigenvalue weighted by Crippen LogP contribution is -2.03. The fourth-order valence-electron chi connectivity index (χ4n) is 0.813. The third kappa shape index (κ3) is 2.80. The van der Waals surface area contributed by atoms with E-state index < -0.39 is 4.96 Å². The number of hydrogen-bond donors (Lipinski definition) is 1. The Morgan fingerprint density at radius 1 is 1.25 bits per heavy atom. The first-order valence-electron chi connectivity index (χ1n) is 3.41. The quantitative estimate of drug-likeness (QED) is 0.606. The molecule has 0 aliphatic heterocycles. The molecule has 0 aliphatic carbocycles. The molecule has 0 aromatic heterocycles. The van der Waals surface area contributed by atoms with Gasteiger partial charge in [-0.3, -0.25) is 0 Å². The molecule has 0 saturated carbocycles. The van der Waals surface area contributed by atoms with Gasteiger partial charge in [0.2, 0.25) is 0 Å². The maximum atomic E-state index is 5.51. The highest BCUT2D eigenvalue weighted by Crippen LogP contribution is 2.17. The molecule has 4 heteroatoms. The van der Waals surface area contributed by atoms with Gasteiger partial charge in [0.1, 0.15) is 5.75 Å². The Kier molecular flexibility index (Phi) is 3.50. The average molecular weight is 206 g/mol. The van der Waals surface area contributed by atoms with Crippen molar-refractivity contribution in [2.75, 3.05) is 12.4 Å². The molecule has 1 rings (SSSR count). The summed E-state index contributed by atoms with van der Waals surface area (Å²) in [5, 5.41) is 2.83. The van der Waals surface area contributed by atoms with Crippen molar-refractivity contribution in [2.45, 2.75) is 4.96 Å². The third-order valence-electron chi connectivity index (χ3n) is 1.37. The van der Waals surface area contributed by atoms with Crippen LogP contribution in [-0.4, -0.2) is 12.1 Å². The number of rotatable bonds is 3. The summed E-state index contributed by atoms with van der Waals surface area (Å²) in [5.41, 5.74) is 0.866. The van der Waals surface area contributed by atoms with Gasteiger partial charge in [-0.1, -0.05) is 23.2 Å². The van der Waals surface area contributed by atoms with E-state index in [9.17, 15) is 0 Å². The van der Waals surface area contributed by atoms with Crippen LogP contribution in [0, 0.1) is 0 Å². The first-order chi connectivity index (χ1) is 5.72. The molecule has 1 aromatic carbocycles. The Hall–Kier alpha value is -0.600. The molecule has 2 nitrogen and oxygen atoms in total. The zero-order valence-corrected chi connectivity index (χ0v) is 8.06. The van der Waals surface area contributed by atoms with Gasteiger partial charge in [-0.2, -0.15) is 0 Å². The second-order valence-corrected chi connectivity index (χ2v) is 3.27. The standard InChI is InChI=1S/C8H9Cl2NO/c1-12-7-4-2-6(3-5-7)11-8(9)10/h2-5,8,11H,1H3. The predicted octanol–water partition coefficient (Wildman–Crippen LogP) is 2.87. The first kappa shape index (κ1) is 9.49. The van der Waals surface area contributed by atoms with E-state index in [4.69, 9.17) is 27.9 Å². The van der Waals surface area contributed by atoms with Crippen molar-refractivity contribution in [1.29, 1.82) is 0 Å². The van der Waals surface area contributed by atoms with E-state index in [1.165, 1.54) is 0 Å². The predicted molar refractivity (Wildman–Crippen MR) is 52.1 cm³/mol. The van der Waals surface area contributed by atoms with Crippen LogP contribution in [0.1, 0.15) is 0 Å². The number of nitrogens with one attached hydrogen (secondary N) is 1. The van der Waals surface area contributed by atoms with E-state index in [0.717, 1.165) is 11.4 Å². The number of anilines is 1. The summed E-state index contributed by atoms with van der Waals surface area (Å²) in [6, 6.07) is 7.35. The minimum atomic E-state index is -0.585. The highest BCUT2D eigenvalue weighted by Gasteiger charge is 1.97. The van der Waals surface area contributed by atoms with Crippen molar-refractivity contribution in [3.05, 3.63) is 24.3 Å². The van der Waals surface area contributed by atoms with Crippen molar-refractivity contribution in [3.8, 4) is 5.75 Å². The number of hydrogen-bond acceptors (Lipinski definition) is 2. The highest BCUT2D eigenvalue weighted by atomic mass is 35.5. The summed E-state index contributed by atoms with van der Waals surface area (Å²) in [7, 11) is 1.62. The Morgan fingerprint density at radius 3 is 2.25 bits per heavy atom. The van der Waals surface area contributed by atoms with E-state index in [-0.39, 0.29) is 0 Å². The SMILES string of the molecule is COc1ccc(NC(Cl)Cl)cc1. The largest absolute Gasteiger partial charge is 0.497 e. The van der Waals surface area contributed by atoms with E-state index in [2.05, 4.69) is 5.32 Å². The molecule has 1 N–H and O–H groups in total. The first-order valence-corrected chi connectivity index (χ1v) is 4.28. The lowest BCUT2D eigenvalue weighted by molar-refractivity contribution is 0.415. The zero-order valence-electron chi connectivity index (χ0n) is 6.55. The summed E-state index contributed by atoms with van der Waals surface area (Å²) >= 11 is 11.0. The van der Waals surface area contributed by atoms with Crippen LogP contribution in [0.15, 0.2) is 24.3 Å². The van der Waals surface area contributed by atoms with Gasteiger partial charge in [-0.15, -0.1) is 0 Å². The van der Waals surface area contributed by atoms with Crippen LogP contribution in [-0.2, 0) is 0 Å². The topological polar surface area (TPSA) is 21.3 Å². The van der Waals surface area contributed by atoms with Crippen LogP contribution in [0.4, 0.5) is 5.69 Å². The van der Waals surface area contributed by atoms with Gasteiger partial charge in [0.15, 0.2) is 4.96 Å². The summed E-state index contributed by atoms with van der Waals surface area (Å²) < 4.78 is 4.98. The minimum Gasteiger partial charge on any atom is -0.497 e. The van der Waals surface area contributed by atoms with Gasteiger partial charge in [0.05, 0.1) is 7.11 Å². The molecular weight excluding hydrogens is 197 g/mol. The average Bonchev–Trinajstić information content (AvgIpc) is 2.05. The van der Waals surface area contributed by atoms with Gasteiger partial charge in [-0.25, -0.2) is 0 Å². The Labute approximate surface area is 81.4 Å². The Balaban J connectivity index is 2.65. The van der Waals surface area contributed by atoms with Crippen molar-refractivity contribution < 1.29 is 4.74 Å². The second kappa shape index (κ2) is 4.43. The highest BCUT2D eigenvalue weighted by molar-refractivity contribution is 6.45. The molecule has 0 heterocycles. The minimum absolute atomic E-state index is 0.585. The van der Waals surface area contributed by atoms with Crippen molar-refractivity contribution >= 4 is 28.9 Å². The monoisotopic (exact) mass is 205 g/mol. The molecule has 66 valence electrons. The van der Waals surface area contributed by atoms with Crippen LogP contribution in [0.5, 0.6) is 5.75 Å². The molecule has 0 bridgehead atoms. The Morgan fingerprint density at radius 2 is 1.83 bits per heavy atom. The van der Waals surface area contributed by atoms with Gasteiger partial charge in [0.25, 0.3) is 0 Å². The molecule has 1 aromatic rings. The fourth-order valence-corrected chi connectivity index (χ4v) is 1.07. The van der Waals surface area contributed by atoms with Crippen molar-refractivity contribution in [2.24, 2.45) is 0 Å². The normalized spacial score (nSPS) is 10.0. The number of ether oxygens (including phenoxy) is 1. The van der Waals surface area contributed by atoms with Crippen molar-refractivity contribution in [3.63, 3.8) is 0 Å². The number of methoxy groups -OCH3 is 1. The molecule has 0 unspecified atom stereocenters. The van der Waals surface area contributed by atoms with Crippen LogP contribution in [0.2, 0.25) is 0 Å². The van der Waals surface area contributed by atoms with Gasteiger partial charge in [0, 0.05) is 5.69 Å². The van der Waals surface area contributed by atoms with Crippen LogP contribution in [0.3, 0.4) is 0 Å².